The van der Waals surface area contributed by atoms with Crippen LogP contribution in [0, 0.1) is 0 Å². The number of aliphatic carboxylic acids is 1. The quantitative estimate of drug-likeness (QED) is 0.303. The molecule has 1 N–H and O–H groups in total. The van der Waals surface area contributed by atoms with Crippen LogP contribution in [0.5, 0.6) is 0 Å². The molecule has 27 heavy (non-hydrogen) atoms. The summed E-state index contributed by atoms with van der Waals surface area (Å²) in [6, 6.07) is 0. The second-order valence-corrected chi connectivity index (χ2v) is 5.42. The maximum absolute atomic E-state index is 11.1. The molecule has 0 aromatic carbocycles. The first-order chi connectivity index (χ1) is 12.4. The Bertz CT molecular complexity index is 576. The molecule has 0 aliphatic heterocycles. The summed E-state index contributed by atoms with van der Waals surface area (Å²) in [6.07, 6.45) is 0.591. The lowest BCUT2D eigenvalue weighted by Crippen LogP contribution is -2.13. The molecule has 0 spiro atoms. The van der Waals surface area contributed by atoms with Gasteiger partial charge in [-0.05, 0) is 40.5 Å². The third-order valence-corrected chi connectivity index (χ3v) is 3.63. The zero-order valence-electron chi connectivity index (χ0n) is 17.1. The van der Waals surface area contributed by atoms with Gasteiger partial charge in [-0.25, -0.2) is 19.2 Å². The maximum atomic E-state index is 11.1. The van der Waals surface area contributed by atoms with Crippen molar-refractivity contribution in [1.82, 2.24) is 0 Å². The molecule has 0 bridgehead atoms. The second-order valence-electron chi connectivity index (χ2n) is 5.11. The number of hydrogen-bond donors (Lipinski definition) is 1. The van der Waals surface area contributed by atoms with Crippen molar-refractivity contribution in [2.45, 2.75) is 54.4 Å². The molecular formula is C18H29ClO8. The minimum atomic E-state index is -0.978. The molecule has 0 saturated carbocycles. The van der Waals surface area contributed by atoms with Crippen molar-refractivity contribution < 1.29 is 38.5 Å². The summed E-state index contributed by atoms with van der Waals surface area (Å²) in [5, 5.41) is 8.43. The summed E-state index contributed by atoms with van der Waals surface area (Å²) in [4.78, 5) is 41.3. The van der Waals surface area contributed by atoms with Crippen molar-refractivity contribution in [1.29, 1.82) is 0 Å². The molecule has 0 fully saturated rings. The molecule has 0 heterocycles. The number of methoxy groups -OCH3 is 2. The molecule has 156 valence electrons. The smallest absolute Gasteiger partial charge is 0.478 e. The topological polar surface area (TPSA) is 116 Å². The number of hydrogen-bond acceptors (Lipinski definition) is 7. The van der Waals surface area contributed by atoms with Crippen LogP contribution in [0.2, 0.25) is 0 Å². The van der Waals surface area contributed by atoms with Crippen molar-refractivity contribution in [3.63, 3.8) is 0 Å². The van der Waals surface area contributed by atoms with E-state index in [0.717, 1.165) is 31.1 Å². The molecule has 0 saturated heterocycles. The van der Waals surface area contributed by atoms with Gasteiger partial charge in [0.1, 0.15) is 0 Å². The van der Waals surface area contributed by atoms with E-state index in [1.165, 1.54) is 7.11 Å². The Morgan fingerprint density at radius 2 is 1.19 bits per heavy atom. The summed E-state index contributed by atoms with van der Waals surface area (Å²) in [7, 11) is 2.37. The van der Waals surface area contributed by atoms with Crippen LogP contribution < -0.4 is 0 Å². The first kappa shape index (κ1) is 29.4. The fraction of sp³-hybridized carbons (Fsp3) is 0.556. The molecule has 9 heteroatoms. The average Bonchev–Trinajstić information content (AvgIpc) is 2.65. The molecule has 0 aromatic heterocycles. The van der Waals surface area contributed by atoms with Crippen LogP contribution in [-0.2, 0) is 23.8 Å². The van der Waals surface area contributed by atoms with Gasteiger partial charge in [-0.1, -0.05) is 25.0 Å². The van der Waals surface area contributed by atoms with Crippen LogP contribution in [-0.4, -0.2) is 42.8 Å². The average molecular weight is 409 g/mol. The van der Waals surface area contributed by atoms with E-state index >= 15 is 0 Å². The van der Waals surface area contributed by atoms with Crippen molar-refractivity contribution in [3.8, 4) is 0 Å². The number of carboxylic acids is 1. The Labute approximate surface area is 165 Å². The molecule has 0 atom stereocenters. The van der Waals surface area contributed by atoms with Gasteiger partial charge in [0.05, 0.1) is 14.2 Å². The molecule has 0 aliphatic rings. The summed E-state index contributed by atoms with van der Waals surface area (Å²) >= 11 is 4.60. The second kappa shape index (κ2) is 17.1. The Morgan fingerprint density at radius 1 is 0.815 bits per heavy atom. The van der Waals surface area contributed by atoms with Crippen molar-refractivity contribution in [2.24, 2.45) is 0 Å². The van der Waals surface area contributed by atoms with E-state index in [4.69, 9.17) is 5.11 Å². The van der Waals surface area contributed by atoms with Crippen molar-refractivity contribution in [2.75, 3.05) is 14.2 Å². The number of ether oxygens (including phenoxy) is 3. The van der Waals surface area contributed by atoms with E-state index in [1.807, 2.05) is 27.7 Å². The van der Waals surface area contributed by atoms with Gasteiger partial charge >= 0.3 is 23.5 Å². The first-order valence-electron chi connectivity index (χ1n) is 7.98. The molecule has 0 amide bonds. The van der Waals surface area contributed by atoms with E-state index in [1.54, 1.807) is 13.8 Å². The van der Waals surface area contributed by atoms with Crippen LogP contribution in [0.3, 0.4) is 0 Å². The third-order valence-electron chi connectivity index (χ3n) is 3.47. The fourth-order valence-corrected chi connectivity index (χ4v) is 1.08. The van der Waals surface area contributed by atoms with Crippen LogP contribution in [0.4, 0.5) is 9.59 Å². The number of allylic oxidation sites excluding steroid dienone is 2. The lowest BCUT2D eigenvalue weighted by Gasteiger charge is -2.03. The van der Waals surface area contributed by atoms with E-state index in [2.05, 4.69) is 25.8 Å². The monoisotopic (exact) mass is 408 g/mol. The van der Waals surface area contributed by atoms with Gasteiger partial charge in [-0.15, -0.1) is 0 Å². The van der Waals surface area contributed by atoms with Gasteiger partial charge in [0.25, 0.3) is 0 Å². The minimum absolute atomic E-state index is 0.452. The molecule has 8 nitrogen and oxygen atoms in total. The summed E-state index contributed by atoms with van der Waals surface area (Å²) < 4.78 is 12.4. The van der Waals surface area contributed by atoms with E-state index < -0.39 is 23.5 Å². The Morgan fingerprint density at radius 3 is 1.41 bits per heavy atom. The highest BCUT2D eigenvalue weighted by molar-refractivity contribution is 6.61. The molecular weight excluding hydrogens is 380 g/mol. The number of carbonyl (C=O) groups is 4. The van der Waals surface area contributed by atoms with Crippen LogP contribution in [0.1, 0.15) is 54.4 Å². The zero-order chi connectivity index (χ0) is 22.2. The number of carbonyl (C=O) groups excluding carboxylic acids is 3. The SMILES string of the molecule is CC/C(C)=C(\C)C(=O)O.CC/C(C)=C(\C)C(=O)OC(=O)OC.COC(=O)Cl. The largest absolute Gasteiger partial charge is 0.516 e. The van der Waals surface area contributed by atoms with Crippen LogP contribution in [0.25, 0.3) is 0 Å². The minimum Gasteiger partial charge on any atom is -0.478 e. The van der Waals surface area contributed by atoms with E-state index in [0.29, 0.717) is 11.1 Å². The Hall–Kier alpha value is -2.35. The lowest BCUT2D eigenvalue weighted by molar-refractivity contribution is -0.135. The zero-order valence-corrected chi connectivity index (χ0v) is 17.9. The fourth-order valence-electron chi connectivity index (χ4n) is 1.08. The first-order valence-corrected chi connectivity index (χ1v) is 8.36. The number of rotatable bonds is 4. The van der Waals surface area contributed by atoms with E-state index in [-0.39, 0.29) is 0 Å². The molecule has 0 unspecified atom stereocenters. The van der Waals surface area contributed by atoms with Gasteiger partial charge in [-0.2, -0.15) is 0 Å². The Balaban J connectivity index is -0.000000356. The highest BCUT2D eigenvalue weighted by Gasteiger charge is 2.13. The van der Waals surface area contributed by atoms with Gasteiger partial charge in [0.15, 0.2) is 0 Å². The number of carboxylic acid groups (broad SMARTS) is 1. The Kier molecular flexibility index (Phi) is 18.6. The predicted octanol–water partition coefficient (Wildman–Crippen LogP) is 4.85. The van der Waals surface area contributed by atoms with Gasteiger partial charge in [-0.3, -0.25) is 0 Å². The summed E-state index contributed by atoms with van der Waals surface area (Å²) in [5.74, 6) is -1.46. The third kappa shape index (κ3) is 16.8. The van der Waals surface area contributed by atoms with Crippen LogP contribution >= 0.6 is 11.6 Å². The maximum Gasteiger partial charge on any atom is 0.516 e. The number of halogens is 1. The molecule has 0 aromatic rings. The highest BCUT2D eigenvalue weighted by Crippen LogP contribution is 2.09. The standard InChI is InChI=1S/C9H14O4.C7H12O2.C2H3ClO2/c1-5-6(2)7(3)8(10)13-9(11)12-4;1-4-5(2)6(3)7(8)9;1-5-2(3)4/h5H2,1-4H3;4H2,1-3H3,(H,8,9);1H3/b7-6+;6-5+;. The molecule has 0 aliphatic carbocycles. The number of esters is 1. The molecule has 0 radical (unpaired) electrons. The molecule has 0 rings (SSSR count). The van der Waals surface area contributed by atoms with Gasteiger partial charge < -0.3 is 19.3 Å². The van der Waals surface area contributed by atoms with Crippen molar-refractivity contribution in [3.05, 3.63) is 22.3 Å². The normalized spacial score (nSPS) is 11.1. The highest BCUT2D eigenvalue weighted by atomic mass is 35.5. The van der Waals surface area contributed by atoms with Gasteiger partial charge in [0, 0.05) is 22.7 Å². The predicted molar refractivity (Wildman–Crippen MR) is 102 cm³/mol. The van der Waals surface area contributed by atoms with Crippen molar-refractivity contribution >= 4 is 35.1 Å². The lowest BCUT2D eigenvalue weighted by atomic mass is 10.1. The van der Waals surface area contributed by atoms with Gasteiger partial charge in [0.2, 0.25) is 0 Å². The summed E-state index contributed by atoms with van der Waals surface area (Å²) in [5.41, 5.74) is 1.99. The van der Waals surface area contributed by atoms with E-state index in [9.17, 15) is 19.2 Å². The summed E-state index contributed by atoms with van der Waals surface area (Å²) in [6.45, 7) is 10.8. The van der Waals surface area contributed by atoms with Crippen LogP contribution in [0.15, 0.2) is 22.3 Å².